The number of alkyl halides is 3. The minimum Gasteiger partial charge on any atom is -0.488 e. The van der Waals surface area contributed by atoms with Crippen LogP contribution in [-0.2, 0) is 6.18 Å². The number of aliphatic imine (C=N–C) groups is 1. The third-order valence-corrected chi connectivity index (χ3v) is 4.76. The average Bonchev–Trinajstić information content (AvgIpc) is 3.07. The molecule has 0 aliphatic carbocycles. The molecular formula is C20H31F3N4O. The number of ether oxygens (including phenoxy) is 1. The molecule has 1 aliphatic rings. The first-order valence-corrected chi connectivity index (χ1v) is 9.86. The van der Waals surface area contributed by atoms with Crippen molar-refractivity contribution in [3.8, 4) is 5.75 Å². The second-order valence-corrected chi connectivity index (χ2v) is 7.19. The minimum atomic E-state index is -4.38. The molecule has 0 amide bonds. The molecule has 0 spiro atoms. The van der Waals surface area contributed by atoms with E-state index in [9.17, 15) is 13.2 Å². The Bertz CT molecular complexity index is 636. The summed E-state index contributed by atoms with van der Waals surface area (Å²) in [6.07, 6.45) is -2.86. The number of guanidine groups is 1. The van der Waals surface area contributed by atoms with Crippen molar-refractivity contribution >= 4 is 5.96 Å². The third-order valence-electron chi connectivity index (χ3n) is 4.76. The van der Waals surface area contributed by atoms with Gasteiger partial charge in [-0.25, -0.2) is 4.99 Å². The molecule has 28 heavy (non-hydrogen) atoms. The van der Waals surface area contributed by atoms with Crippen molar-refractivity contribution in [1.82, 2.24) is 15.5 Å². The molecule has 2 atom stereocenters. The van der Waals surface area contributed by atoms with Crippen LogP contribution < -0.4 is 15.4 Å². The van der Waals surface area contributed by atoms with Crippen molar-refractivity contribution in [2.75, 3.05) is 39.8 Å². The molecule has 1 aromatic rings. The zero-order valence-electron chi connectivity index (χ0n) is 16.9. The number of likely N-dealkylation sites (tertiary alicyclic amines) is 1. The van der Waals surface area contributed by atoms with Crippen LogP contribution >= 0.6 is 0 Å². The van der Waals surface area contributed by atoms with Gasteiger partial charge in [-0.2, -0.15) is 13.2 Å². The van der Waals surface area contributed by atoms with E-state index in [2.05, 4.69) is 27.6 Å². The van der Waals surface area contributed by atoms with E-state index in [1.165, 1.54) is 12.5 Å². The van der Waals surface area contributed by atoms with Crippen LogP contribution in [-0.4, -0.2) is 56.7 Å². The Morgan fingerprint density at radius 2 is 2.11 bits per heavy atom. The van der Waals surface area contributed by atoms with Gasteiger partial charge in [0.15, 0.2) is 5.96 Å². The quantitative estimate of drug-likeness (QED) is 0.519. The molecule has 1 aromatic carbocycles. The summed E-state index contributed by atoms with van der Waals surface area (Å²) in [6, 6.07) is 4.98. The Labute approximate surface area is 165 Å². The number of rotatable bonds is 8. The van der Waals surface area contributed by atoms with Crippen molar-refractivity contribution in [1.29, 1.82) is 0 Å². The van der Waals surface area contributed by atoms with Crippen molar-refractivity contribution < 1.29 is 17.9 Å². The summed E-state index contributed by atoms with van der Waals surface area (Å²) in [7, 11) is 2.12. The Morgan fingerprint density at radius 1 is 1.32 bits per heavy atom. The van der Waals surface area contributed by atoms with Crippen LogP contribution in [0.1, 0.15) is 32.3 Å². The molecule has 0 saturated carbocycles. The molecule has 5 nitrogen and oxygen atoms in total. The Morgan fingerprint density at radius 3 is 2.71 bits per heavy atom. The largest absolute Gasteiger partial charge is 0.488 e. The van der Waals surface area contributed by atoms with Crippen molar-refractivity contribution in [2.45, 2.75) is 39.0 Å². The number of hydrogen-bond donors (Lipinski definition) is 2. The molecule has 2 rings (SSSR count). The first-order chi connectivity index (χ1) is 13.3. The van der Waals surface area contributed by atoms with Crippen molar-refractivity contribution in [3.05, 3.63) is 29.8 Å². The highest BCUT2D eigenvalue weighted by atomic mass is 19.4. The summed E-state index contributed by atoms with van der Waals surface area (Å²) in [4.78, 5) is 6.88. The molecule has 0 bridgehead atoms. The van der Waals surface area contributed by atoms with Gasteiger partial charge in [-0.1, -0.05) is 13.0 Å². The Hall–Kier alpha value is -1.96. The van der Waals surface area contributed by atoms with Crippen LogP contribution in [0.15, 0.2) is 29.3 Å². The normalized spacial score (nSPS) is 19.5. The number of halogens is 3. The van der Waals surface area contributed by atoms with Gasteiger partial charge in [0, 0.05) is 19.6 Å². The van der Waals surface area contributed by atoms with Crippen LogP contribution in [0.5, 0.6) is 5.75 Å². The molecule has 8 heteroatoms. The lowest BCUT2D eigenvalue weighted by Gasteiger charge is -2.19. The van der Waals surface area contributed by atoms with Gasteiger partial charge in [0.1, 0.15) is 11.9 Å². The SMILES string of the molecule is CCNC(=NCC(CC)Oc1cccc(C(F)(F)F)c1)NCC1CCN(C)C1. The van der Waals surface area contributed by atoms with E-state index in [1.807, 2.05) is 13.8 Å². The molecule has 0 radical (unpaired) electrons. The fourth-order valence-electron chi connectivity index (χ4n) is 3.16. The highest BCUT2D eigenvalue weighted by Gasteiger charge is 2.30. The molecule has 1 fully saturated rings. The topological polar surface area (TPSA) is 48.9 Å². The van der Waals surface area contributed by atoms with E-state index >= 15 is 0 Å². The van der Waals surface area contributed by atoms with E-state index < -0.39 is 11.7 Å². The van der Waals surface area contributed by atoms with E-state index in [-0.39, 0.29) is 11.9 Å². The molecule has 158 valence electrons. The second kappa shape index (κ2) is 10.5. The van der Waals surface area contributed by atoms with Gasteiger partial charge in [-0.15, -0.1) is 0 Å². The molecular weight excluding hydrogens is 369 g/mol. The van der Waals surface area contributed by atoms with Gasteiger partial charge >= 0.3 is 6.18 Å². The van der Waals surface area contributed by atoms with Crippen LogP contribution in [0.3, 0.4) is 0 Å². The lowest BCUT2D eigenvalue weighted by Crippen LogP contribution is -2.41. The first-order valence-electron chi connectivity index (χ1n) is 9.86. The number of nitrogens with one attached hydrogen (secondary N) is 2. The summed E-state index contributed by atoms with van der Waals surface area (Å²) in [6.45, 7) is 8.07. The fraction of sp³-hybridized carbons (Fsp3) is 0.650. The summed E-state index contributed by atoms with van der Waals surface area (Å²) in [5, 5.41) is 6.57. The van der Waals surface area contributed by atoms with Gasteiger partial charge in [-0.05, 0) is 57.5 Å². The van der Waals surface area contributed by atoms with E-state index in [1.54, 1.807) is 6.07 Å². The second-order valence-electron chi connectivity index (χ2n) is 7.19. The molecule has 0 aromatic heterocycles. The predicted octanol–water partition coefficient (Wildman–Crippen LogP) is 3.37. The van der Waals surface area contributed by atoms with E-state index in [0.29, 0.717) is 24.8 Å². The summed E-state index contributed by atoms with van der Waals surface area (Å²) in [5.74, 6) is 1.52. The zero-order valence-corrected chi connectivity index (χ0v) is 16.9. The number of benzene rings is 1. The van der Waals surface area contributed by atoms with Crippen LogP contribution in [0, 0.1) is 5.92 Å². The molecule has 1 aliphatic heterocycles. The highest BCUT2D eigenvalue weighted by Crippen LogP contribution is 2.31. The maximum Gasteiger partial charge on any atom is 0.416 e. The average molecular weight is 400 g/mol. The van der Waals surface area contributed by atoms with Gasteiger partial charge in [0.05, 0.1) is 12.1 Å². The van der Waals surface area contributed by atoms with Gasteiger partial charge in [-0.3, -0.25) is 0 Å². The standard InChI is InChI=1S/C20H31F3N4O/c1-4-17(28-18-8-6-7-16(11-18)20(21,22)23)13-26-19(24-5-2)25-12-15-9-10-27(3)14-15/h6-8,11,15,17H,4-5,9-10,12-14H2,1-3H3,(H2,24,25,26). The highest BCUT2D eigenvalue weighted by molar-refractivity contribution is 5.79. The van der Waals surface area contributed by atoms with Crippen molar-refractivity contribution in [3.63, 3.8) is 0 Å². The van der Waals surface area contributed by atoms with Crippen LogP contribution in [0.4, 0.5) is 13.2 Å². The zero-order chi connectivity index (χ0) is 20.6. The maximum absolute atomic E-state index is 12.9. The van der Waals surface area contributed by atoms with Crippen LogP contribution in [0.25, 0.3) is 0 Å². The van der Waals surface area contributed by atoms with Gasteiger partial charge in [0.25, 0.3) is 0 Å². The fourth-order valence-corrected chi connectivity index (χ4v) is 3.16. The maximum atomic E-state index is 12.9. The number of hydrogen-bond acceptors (Lipinski definition) is 3. The van der Waals surface area contributed by atoms with Crippen molar-refractivity contribution in [2.24, 2.45) is 10.9 Å². The Balaban J connectivity index is 1.93. The molecule has 1 saturated heterocycles. The monoisotopic (exact) mass is 400 g/mol. The number of nitrogens with zero attached hydrogens (tertiary/aromatic N) is 2. The van der Waals surface area contributed by atoms with Gasteiger partial charge < -0.3 is 20.3 Å². The molecule has 1 heterocycles. The third kappa shape index (κ3) is 7.22. The lowest BCUT2D eigenvalue weighted by atomic mass is 10.1. The Kier molecular flexibility index (Phi) is 8.41. The molecule has 2 unspecified atom stereocenters. The smallest absolute Gasteiger partial charge is 0.416 e. The summed E-state index contributed by atoms with van der Waals surface area (Å²) >= 11 is 0. The summed E-state index contributed by atoms with van der Waals surface area (Å²) < 4.78 is 44.3. The first kappa shape index (κ1) is 22.3. The lowest BCUT2D eigenvalue weighted by molar-refractivity contribution is -0.137. The predicted molar refractivity (Wildman–Crippen MR) is 106 cm³/mol. The van der Waals surface area contributed by atoms with Crippen LogP contribution in [0.2, 0.25) is 0 Å². The summed E-state index contributed by atoms with van der Waals surface area (Å²) in [5.41, 5.74) is -0.708. The van der Waals surface area contributed by atoms with E-state index in [0.717, 1.165) is 38.3 Å². The minimum absolute atomic E-state index is 0.212. The van der Waals surface area contributed by atoms with E-state index in [4.69, 9.17) is 4.74 Å². The molecule has 2 N–H and O–H groups in total. The van der Waals surface area contributed by atoms with Gasteiger partial charge in [0.2, 0.25) is 0 Å².